The van der Waals surface area contributed by atoms with E-state index in [1.54, 1.807) is 13.8 Å². The first-order chi connectivity index (χ1) is 8.40. The topological polar surface area (TPSA) is 66.4 Å². The number of unbranched alkanes of at least 4 members (excludes halogenated alkanes) is 3. The quantitative estimate of drug-likeness (QED) is 0.624. The van der Waals surface area contributed by atoms with Gasteiger partial charge in [-0.25, -0.2) is 0 Å². The summed E-state index contributed by atoms with van der Waals surface area (Å²) in [5, 5.41) is 11.7. The van der Waals surface area contributed by atoms with Crippen molar-refractivity contribution in [1.82, 2.24) is 5.32 Å². The lowest BCUT2D eigenvalue weighted by Crippen LogP contribution is -2.39. The Morgan fingerprint density at radius 1 is 1.06 bits per heavy atom. The van der Waals surface area contributed by atoms with E-state index >= 15 is 0 Å². The molecule has 0 fully saturated rings. The maximum Gasteiger partial charge on any atom is 0.307 e. The first kappa shape index (κ1) is 16.9. The molecule has 0 saturated heterocycles. The molecule has 0 aliphatic rings. The van der Waals surface area contributed by atoms with Gasteiger partial charge in [0, 0.05) is 12.0 Å². The Morgan fingerprint density at radius 2 is 1.67 bits per heavy atom. The SMILES string of the molecule is CCCCCCC(C)NC(=O)C(C)C(C)C(=O)O. The maximum atomic E-state index is 11.8. The molecule has 4 heteroatoms. The largest absolute Gasteiger partial charge is 0.481 e. The number of aliphatic carboxylic acids is 1. The van der Waals surface area contributed by atoms with E-state index in [2.05, 4.69) is 12.2 Å². The van der Waals surface area contributed by atoms with Gasteiger partial charge in [-0.15, -0.1) is 0 Å². The molecule has 0 aromatic rings. The van der Waals surface area contributed by atoms with Crippen LogP contribution in [-0.4, -0.2) is 23.0 Å². The van der Waals surface area contributed by atoms with Crippen LogP contribution in [0, 0.1) is 11.8 Å². The van der Waals surface area contributed by atoms with E-state index in [9.17, 15) is 9.59 Å². The Hall–Kier alpha value is -1.06. The summed E-state index contributed by atoms with van der Waals surface area (Å²) in [6.45, 7) is 7.37. The number of carbonyl (C=O) groups excluding carboxylic acids is 1. The standard InChI is InChI=1S/C14H27NO3/c1-5-6-7-8-9-10(2)15-13(16)11(3)12(4)14(17)18/h10-12H,5-9H2,1-4H3,(H,15,16)(H,17,18). The summed E-state index contributed by atoms with van der Waals surface area (Å²) >= 11 is 0. The summed E-state index contributed by atoms with van der Waals surface area (Å²) in [6, 6.07) is 0.123. The van der Waals surface area contributed by atoms with Crippen LogP contribution in [0.15, 0.2) is 0 Å². The molecule has 0 saturated carbocycles. The number of carboxylic acids is 1. The number of hydrogen-bond acceptors (Lipinski definition) is 2. The normalized spacial score (nSPS) is 15.8. The predicted molar refractivity (Wildman–Crippen MR) is 72.3 cm³/mol. The summed E-state index contributed by atoms with van der Waals surface area (Å²) in [6.07, 6.45) is 5.69. The van der Waals surface area contributed by atoms with Crippen LogP contribution in [0.25, 0.3) is 0 Å². The summed E-state index contributed by atoms with van der Waals surface area (Å²) < 4.78 is 0. The average Bonchev–Trinajstić information content (AvgIpc) is 2.32. The third-order valence-electron chi connectivity index (χ3n) is 3.43. The molecule has 1 amide bonds. The maximum absolute atomic E-state index is 11.8. The monoisotopic (exact) mass is 257 g/mol. The highest BCUT2D eigenvalue weighted by Crippen LogP contribution is 2.12. The summed E-state index contributed by atoms with van der Waals surface area (Å²) in [5.41, 5.74) is 0. The molecule has 0 radical (unpaired) electrons. The highest BCUT2D eigenvalue weighted by Gasteiger charge is 2.26. The van der Waals surface area contributed by atoms with Crippen molar-refractivity contribution in [2.75, 3.05) is 0 Å². The molecule has 3 atom stereocenters. The van der Waals surface area contributed by atoms with Gasteiger partial charge in [0.15, 0.2) is 0 Å². The van der Waals surface area contributed by atoms with Gasteiger partial charge in [0.25, 0.3) is 0 Å². The molecule has 2 N–H and O–H groups in total. The van der Waals surface area contributed by atoms with Gasteiger partial charge < -0.3 is 10.4 Å². The van der Waals surface area contributed by atoms with E-state index in [-0.39, 0.29) is 11.9 Å². The minimum Gasteiger partial charge on any atom is -0.481 e. The van der Waals surface area contributed by atoms with Gasteiger partial charge in [-0.1, -0.05) is 46.5 Å². The van der Waals surface area contributed by atoms with Crippen LogP contribution in [0.1, 0.15) is 59.8 Å². The number of rotatable bonds is 9. The van der Waals surface area contributed by atoms with Gasteiger partial charge >= 0.3 is 5.97 Å². The van der Waals surface area contributed by atoms with E-state index in [4.69, 9.17) is 5.11 Å². The van der Waals surface area contributed by atoms with E-state index in [1.165, 1.54) is 19.3 Å². The van der Waals surface area contributed by atoms with Gasteiger partial charge in [-0.3, -0.25) is 9.59 Å². The molecule has 4 nitrogen and oxygen atoms in total. The second kappa shape index (κ2) is 8.95. The van der Waals surface area contributed by atoms with E-state index in [0.717, 1.165) is 12.8 Å². The molecule has 18 heavy (non-hydrogen) atoms. The smallest absolute Gasteiger partial charge is 0.307 e. The van der Waals surface area contributed by atoms with Crippen molar-refractivity contribution >= 4 is 11.9 Å². The first-order valence-corrected chi connectivity index (χ1v) is 6.93. The van der Waals surface area contributed by atoms with Crippen molar-refractivity contribution < 1.29 is 14.7 Å². The Morgan fingerprint density at radius 3 is 2.17 bits per heavy atom. The van der Waals surface area contributed by atoms with Crippen LogP contribution in [0.4, 0.5) is 0 Å². The summed E-state index contributed by atoms with van der Waals surface area (Å²) in [7, 11) is 0. The van der Waals surface area contributed by atoms with Crippen LogP contribution in [0.5, 0.6) is 0 Å². The van der Waals surface area contributed by atoms with Crippen molar-refractivity contribution in [1.29, 1.82) is 0 Å². The minimum atomic E-state index is -0.923. The Bertz CT molecular complexity index is 266. The molecule has 0 rings (SSSR count). The summed E-state index contributed by atoms with van der Waals surface area (Å²) in [5.74, 6) is -2.21. The Balaban J connectivity index is 3.95. The van der Waals surface area contributed by atoms with Gasteiger partial charge in [0.1, 0.15) is 0 Å². The average molecular weight is 257 g/mol. The Labute approximate surface area is 110 Å². The van der Waals surface area contributed by atoms with Crippen LogP contribution in [-0.2, 0) is 9.59 Å². The van der Waals surface area contributed by atoms with Gasteiger partial charge in [0.2, 0.25) is 5.91 Å². The minimum absolute atomic E-state index is 0.123. The van der Waals surface area contributed by atoms with Gasteiger partial charge in [0.05, 0.1) is 5.92 Å². The van der Waals surface area contributed by atoms with E-state index in [0.29, 0.717) is 0 Å². The zero-order valence-corrected chi connectivity index (χ0v) is 12.0. The van der Waals surface area contributed by atoms with Crippen LogP contribution >= 0.6 is 0 Å². The first-order valence-electron chi connectivity index (χ1n) is 6.93. The number of nitrogens with one attached hydrogen (secondary N) is 1. The lowest BCUT2D eigenvalue weighted by atomic mass is 9.95. The second-order valence-corrected chi connectivity index (χ2v) is 5.17. The molecule has 106 valence electrons. The molecule has 0 aliphatic carbocycles. The predicted octanol–water partition coefficient (Wildman–Crippen LogP) is 2.82. The Kier molecular flexibility index (Phi) is 8.42. The van der Waals surface area contributed by atoms with Crippen LogP contribution in [0.2, 0.25) is 0 Å². The number of amides is 1. The van der Waals surface area contributed by atoms with Gasteiger partial charge in [-0.2, -0.15) is 0 Å². The molecule has 0 bridgehead atoms. The van der Waals surface area contributed by atoms with E-state index in [1.807, 2.05) is 6.92 Å². The highest BCUT2D eigenvalue weighted by atomic mass is 16.4. The molecule has 3 unspecified atom stereocenters. The molecule has 0 heterocycles. The fraction of sp³-hybridized carbons (Fsp3) is 0.857. The zero-order chi connectivity index (χ0) is 14.1. The molecule has 0 spiro atoms. The molecular formula is C14H27NO3. The number of carboxylic acid groups (broad SMARTS) is 1. The highest BCUT2D eigenvalue weighted by molar-refractivity contribution is 5.84. The third-order valence-corrected chi connectivity index (χ3v) is 3.43. The van der Waals surface area contributed by atoms with Crippen molar-refractivity contribution in [3.8, 4) is 0 Å². The zero-order valence-electron chi connectivity index (χ0n) is 12.0. The number of carbonyl (C=O) groups is 2. The van der Waals surface area contributed by atoms with Crippen molar-refractivity contribution in [2.45, 2.75) is 65.8 Å². The van der Waals surface area contributed by atoms with Crippen molar-refractivity contribution in [3.05, 3.63) is 0 Å². The molecule has 0 aromatic heterocycles. The van der Waals surface area contributed by atoms with Crippen LogP contribution in [0.3, 0.4) is 0 Å². The molecular weight excluding hydrogens is 230 g/mol. The number of hydrogen-bond donors (Lipinski definition) is 2. The lowest BCUT2D eigenvalue weighted by molar-refractivity contribution is -0.146. The molecule has 0 aromatic carbocycles. The van der Waals surface area contributed by atoms with Gasteiger partial charge in [-0.05, 0) is 13.3 Å². The summed E-state index contributed by atoms with van der Waals surface area (Å²) in [4.78, 5) is 22.6. The van der Waals surface area contributed by atoms with E-state index < -0.39 is 17.8 Å². The fourth-order valence-corrected chi connectivity index (χ4v) is 1.76. The lowest BCUT2D eigenvalue weighted by Gasteiger charge is -2.19. The van der Waals surface area contributed by atoms with Crippen LogP contribution < -0.4 is 5.32 Å². The van der Waals surface area contributed by atoms with Crippen molar-refractivity contribution in [2.24, 2.45) is 11.8 Å². The van der Waals surface area contributed by atoms with Crippen molar-refractivity contribution in [3.63, 3.8) is 0 Å². The third kappa shape index (κ3) is 6.62. The molecule has 0 aliphatic heterocycles. The second-order valence-electron chi connectivity index (χ2n) is 5.17. The fourth-order valence-electron chi connectivity index (χ4n) is 1.76.